The number of amides is 1. The molecule has 3 N–H and O–H groups in total. The van der Waals surface area contributed by atoms with E-state index < -0.39 is 25.3 Å². The lowest BCUT2D eigenvalue weighted by molar-refractivity contribution is -0.174. The Kier molecular flexibility index (Phi) is 4.61. The van der Waals surface area contributed by atoms with Gasteiger partial charge in [0.05, 0.1) is 17.6 Å². The fourth-order valence-electron chi connectivity index (χ4n) is 2.05. The smallest absolute Gasteiger partial charge is 0.362 e. The zero-order chi connectivity index (χ0) is 14.6. The summed E-state index contributed by atoms with van der Waals surface area (Å²) in [5.41, 5.74) is 1.26. The van der Waals surface area contributed by atoms with Crippen molar-refractivity contribution in [2.24, 2.45) is 0 Å². The maximum absolute atomic E-state index is 11.9. The van der Waals surface area contributed by atoms with Crippen molar-refractivity contribution in [3.63, 3.8) is 0 Å². The molecule has 112 valence electrons. The van der Waals surface area contributed by atoms with E-state index in [1.165, 1.54) is 6.20 Å². The Labute approximate surface area is 113 Å². The molecule has 1 aromatic heterocycles. The van der Waals surface area contributed by atoms with Gasteiger partial charge < -0.3 is 15.4 Å². The minimum Gasteiger partial charge on any atom is -0.362 e. The van der Waals surface area contributed by atoms with Crippen molar-refractivity contribution >= 4 is 11.6 Å². The lowest BCUT2D eigenvalue weighted by Gasteiger charge is -2.11. The van der Waals surface area contributed by atoms with Gasteiger partial charge in [-0.1, -0.05) is 0 Å². The van der Waals surface area contributed by atoms with Gasteiger partial charge in [0, 0.05) is 12.5 Å². The second-order valence-electron chi connectivity index (χ2n) is 4.54. The minimum atomic E-state index is -4.43. The Morgan fingerprint density at radius 1 is 1.55 bits per heavy atom. The Morgan fingerprint density at radius 3 is 3.00 bits per heavy atom. The van der Waals surface area contributed by atoms with Crippen molar-refractivity contribution in [2.75, 3.05) is 31.6 Å². The molecule has 1 saturated heterocycles. The molecule has 0 bridgehead atoms. The van der Waals surface area contributed by atoms with Gasteiger partial charge in [0.15, 0.2) is 0 Å². The van der Waals surface area contributed by atoms with Crippen LogP contribution in [0.5, 0.6) is 0 Å². The van der Waals surface area contributed by atoms with Gasteiger partial charge in [-0.3, -0.25) is 9.89 Å². The summed E-state index contributed by atoms with van der Waals surface area (Å²) in [5.74, 6) is -0.424. The molecule has 0 spiro atoms. The number of alkyl halides is 3. The highest BCUT2D eigenvalue weighted by molar-refractivity contribution is 5.92. The molecule has 6 nitrogen and oxygen atoms in total. The monoisotopic (exact) mass is 292 g/mol. The second kappa shape index (κ2) is 6.23. The summed E-state index contributed by atoms with van der Waals surface area (Å²) in [7, 11) is 0. The largest absolute Gasteiger partial charge is 0.411 e. The highest BCUT2D eigenvalue weighted by Crippen LogP contribution is 2.26. The van der Waals surface area contributed by atoms with Crippen molar-refractivity contribution in [1.82, 2.24) is 15.5 Å². The highest BCUT2D eigenvalue weighted by Gasteiger charge is 2.28. The van der Waals surface area contributed by atoms with Gasteiger partial charge in [0.1, 0.15) is 13.2 Å². The number of rotatable bonds is 5. The summed E-state index contributed by atoms with van der Waals surface area (Å²) in [5, 5.41) is 12.3. The molecule has 1 unspecified atom stereocenters. The van der Waals surface area contributed by atoms with Gasteiger partial charge in [0.2, 0.25) is 5.91 Å². The van der Waals surface area contributed by atoms with Gasteiger partial charge in [-0.05, 0) is 13.0 Å². The molecular weight excluding hydrogens is 277 g/mol. The Balaban J connectivity index is 1.84. The number of H-pyrrole nitrogens is 1. The van der Waals surface area contributed by atoms with E-state index in [9.17, 15) is 18.0 Å². The zero-order valence-corrected chi connectivity index (χ0v) is 10.6. The van der Waals surface area contributed by atoms with Gasteiger partial charge in [0.25, 0.3) is 0 Å². The van der Waals surface area contributed by atoms with Gasteiger partial charge in [-0.25, -0.2) is 0 Å². The molecule has 2 heterocycles. The molecule has 9 heteroatoms. The van der Waals surface area contributed by atoms with Crippen LogP contribution >= 0.6 is 0 Å². The first-order valence-corrected chi connectivity index (χ1v) is 6.14. The molecule has 0 saturated carbocycles. The summed E-state index contributed by atoms with van der Waals surface area (Å²) >= 11 is 0. The van der Waals surface area contributed by atoms with Crippen molar-refractivity contribution in [1.29, 1.82) is 0 Å². The highest BCUT2D eigenvalue weighted by atomic mass is 19.4. The Bertz CT molecular complexity index is 455. The van der Waals surface area contributed by atoms with Gasteiger partial charge in [-0.2, -0.15) is 18.3 Å². The first kappa shape index (κ1) is 14.8. The third-order valence-corrected chi connectivity index (χ3v) is 2.91. The predicted molar refractivity (Wildman–Crippen MR) is 64.3 cm³/mol. The van der Waals surface area contributed by atoms with Crippen LogP contribution in [-0.2, 0) is 9.53 Å². The topological polar surface area (TPSA) is 79.0 Å². The standard InChI is InChI=1S/C11H15F3N4O2/c12-11(13,14)6-20-5-9(19)17-8-4-16-18-10(8)7-1-2-15-3-7/h4,7,15H,1-3,5-6H2,(H,16,18)(H,17,19). The summed E-state index contributed by atoms with van der Waals surface area (Å²) < 4.78 is 39.9. The van der Waals surface area contributed by atoms with Crippen LogP contribution < -0.4 is 10.6 Å². The van der Waals surface area contributed by atoms with Crippen molar-refractivity contribution in [2.45, 2.75) is 18.5 Å². The molecule has 1 aliphatic heterocycles. The fraction of sp³-hybridized carbons (Fsp3) is 0.636. The first-order valence-electron chi connectivity index (χ1n) is 6.14. The van der Waals surface area contributed by atoms with Crippen molar-refractivity contribution in [3.8, 4) is 0 Å². The molecule has 2 rings (SSSR count). The fourth-order valence-corrected chi connectivity index (χ4v) is 2.05. The second-order valence-corrected chi connectivity index (χ2v) is 4.54. The van der Waals surface area contributed by atoms with Crippen LogP contribution in [-0.4, -0.2) is 48.6 Å². The zero-order valence-electron chi connectivity index (χ0n) is 10.6. The number of hydrogen-bond donors (Lipinski definition) is 3. The van der Waals surface area contributed by atoms with Crippen LogP contribution in [0.15, 0.2) is 6.20 Å². The molecule has 1 fully saturated rings. The quantitative estimate of drug-likeness (QED) is 0.756. The number of anilines is 1. The number of aromatic amines is 1. The van der Waals surface area contributed by atoms with Crippen LogP contribution in [0.25, 0.3) is 0 Å². The maximum Gasteiger partial charge on any atom is 0.411 e. The van der Waals surface area contributed by atoms with E-state index in [-0.39, 0.29) is 5.92 Å². The van der Waals surface area contributed by atoms with Crippen molar-refractivity contribution < 1.29 is 22.7 Å². The van der Waals surface area contributed by atoms with E-state index in [2.05, 4.69) is 25.6 Å². The van der Waals surface area contributed by atoms with Crippen LogP contribution in [0, 0.1) is 0 Å². The molecule has 1 aliphatic rings. The third kappa shape index (κ3) is 4.20. The molecule has 1 atom stereocenters. The summed E-state index contributed by atoms with van der Waals surface area (Å²) in [4.78, 5) is 11.5. The average Bonchev–Trinajstić information content (AvgIpc) is 2.96. The van der Waals surface area contributed by atoms with Crippen LogP contribution in [0.4, 0.5) is 18.9 Å². The average molecular weight is 292 g/mol. The molecule has 20 heavy (non-hydrogen) atoms. The summed E-state index contributed by atoms with van der Waals surface area (Å²) in [6, 6.07) is 0. The number of aromatic nitrogens is 2. The van der Waals surface area contributed by atoms with Crippen LogP contribution in [0.3, 0.4) is 0 Å². The Hall–Kier alpha value is -1.61. The number of nitrogens with one attached hydrogen (secondary N) is 3. The molecule has 0 aliphatic carbocycles. The number of carbonyl (C=O) groups is 1. The maximum atomic E-state index is 11.9. The number of ether oxygens (including phenoxy) is 1. The molecule has 0 radical (unpaired) electrons. The minimum absolute atomic E-state index is 0.212. The predicted octanol–water partition coefficient (Wildman–Crippen LogP) is 1.00. The molecular formula is C11H15F3N4O2. The number of hydrogen-bond acceptors (Lipinski definition) is 4. The van der Waals surface area contributed by atoms with Crippen LogP contribution in [0.1, 0.15) is 18.0 Å². The van der Waals surface area contributed by atoms with E-state index >= 15 is 0 Å². The van der Waals surface area contributed by atoms with Gasteiger partial charge >= 0.3 is 6.18 Å². The third-order valence-electron chi connectivity index (χ3n) is 2.91. The molecule has 1 aromatic rings. The number of carbonyl (C=O) groups excluding carboxylic acids is 1. The van der Waals surface area contributed by atoms with E-state index in [0.717, 1.165) is 25.2 Å². The number of halogens is 3. The van der Waals surface area contributed by atoms with Crippen molar-refractivity contribution in [3.05, 3.63) is 11.9 Å². The summed E-state index contributed by atoms with van der Waals surface area (Å²) in [6.45, 7) is -0.431. The van der Waals surface area contributed by atoms with E-state index in [0.29, 0.717) is 5.69 Å². The Morgan fingerprint density at radius 2 is 2.35 bits per heavy atom. The lowest BCUT2D eigenvalue weighted by Crippen LogP contribution is -2.24. The first-order chi connectivity index (χ1) is 9.46. The summed E-state index contributed by atoms with van der Waals surface area (Å²) in [6.07, 6.45) is -2.08. The molecule has 1 amide bonds. The molecule has 0 aromatic carbocycles. The van der Waals surface area contributed by atoms with E-state index in [4.69, 9.17) is 0 Å². The van der Waals surface area contributed by atoms with E-state index in [1.807, 2.05) is 0 Å². The van der Waals surface area contributed by atoms with Crippen LogP contribution in [0.2, 0.25) is 0 Å². The number of nitrogens with zero attached hydrogens (tertiary/aromatic N) is 1. The lowest BCUT2D eigenvalue weighted by atomic mass is 10.0. The van der Waals surface area contributed by atoms with Gasteiger partial charge in [-0.15, -0.1) is 0 Å². The normalized spacial score (nSPS) is 19.2. The SMILES string of the molecule is O=C(COCC(F)(F)F)Nc1cn[nH]c1C1CCNC1. The van der Waals surface area contributed by atoms with E-state index in [1.54, 1.807) is 0 Å².